The highest BCUT2D eigenvalue weighted by Crippen LogP contribution is 2.33. The van der Waals surface area contributed by atoms with Gasteiger partial charge in [0.1, 0.15) is 11.4 Å². The quantitative estimate of drug-likeness (QED) is 0.446. The number of nitrogens with one attached hydrogen (secondary N) is 2. The van der Waals surface area contributed by atoms with Crippen LogP contribution in [-0.2, 0) is 27.5 Å². The van der Waals surface area contributed by atoms with Gasteiger partial charge in [0.2, 0.25) is 17.7 Å². The topological polar surface area (TPSA) is 98.8 Å². The number of hydrogen-bond donors (Lipinski definition) is 2. The molecule has 1 fully saturated rings. The number of carbonyl (C=O) groups excluding carboxylic acids is 4. The number of anilines is 1. The van der Waals surface area contributed by atoms with Crippen LogP contribution in [0.5, 0.6) is 0 Å². The first-order valence-electron chi connectivity index (χ1n) is 13.2. The lowest BCUT2D eigenvalue weighted by Crippen LogP contribution is -2.64. The van der Waals surface area contributed by atoms with Gasteiger partial charge in [-0.3, -0.25) is 19.2 Å². The summed E-state index contributed by atoms with van der Waals surface area (Å²) in [6.07, 6.45) is 0.384. The summed E-state index contributed by atoms with van der Waals surface area (Å²) in [5, 5.41) is 5.66. The van der Waals surface area contributed by atoms with Crippen LogP contribution in [0.3, 0.4) is 0 Å². The van der Waals surface area contributed by atoms with Gasteiger partial charge in [0.15, 0.2) is 0 Å². The van der Waals surface area contributed by atoms with Crippen LogP contribution in [0, 0.1) is 5.82 Å². The summed E-state index contributed by atoms with van der Waals surface area (Å²) in [6.45, 7) is 3.53. The van der Waals surface area contributed by atoms with E-state index >= 15 is 0 Å². The van der Waals surface area contributed by atoms with Crippen molar-refractivity contribution in [1.29, 1.82) is 0 Å². The van der Waals surface area contributed by atoms with Crippen molar-refractivity contribution in [3.05, 3.63) is 101 Å². The summed E-state index contributed by atoms with van der Waals surface area (Å²) in [5.74, 6) is -1.66. The maximum atomic E-state index is 14.9. The predicted octanol–water partition coefficient (Wildman–Crippen LogP) is 4.12. The van der Waals surface area contributed by atoms with Crippen LogP contribution in [0.1, 0.15) is 48.2 Å². The predicted molar refractivity (Wildman–Crippen MR) is 150 cm³/mol. The first-order chi connectivity index (χ1) is 19.2. The lowest BCUT2D eigenvalue weighted by molar-refractivity contribution is -0.141. The van der Waals surface area contributed by atoms with Crippen LogP contribution in [0.4, 0.5) is 10.1 Å². The molecule has 0 spiro atoms. The van der Waals surface area contributed by atoms with Crippen molar-refractivity contribution in [2.75, 3.05) is 18.4 Å². The normalized spacial score (nSPS) is 14.2. The molecule has 1 heterocycles. The molecule has 9 heteroatoms. The molecule has 2 N–H and O–H groups in total. The number of rotatable bonds is 8. The van der Waals surface area contributed by atoms with Gasteiger partial charge in [0.25, 0.3) is 5.91 Å². The van der Waals surface area contributed by atoms with Crippen LogP contribution in [0.25, 0.3) is 0 Å². The van der Waals surface area contributed by atoms with E-state index in [-0.39, 0.29) is 67.9 Å². The van der Waals surface area contributed by atoms with E-state index in [1.807, 2.05) is 30.3 Å². The molecule has 208 valence electrons. The molecule has 8 nitrogen and oxygen atoms in total. The molecule has 0 radical (unpaired) electrons. The SMILES string of the molecule is CC(=O)Nc1ccc(C(=O)N(Cc2ccccc2F)C2(C(=O)NCc3ccccc3)CCN(C(C)=O)CC2)cc1. The largest absolute Gasteiger partial charge is 0.350 e. The second-order valence-electron chi connectivity index (χ2n) is 9.95. The Bertz CT molecular complexity index is 1370. The summed E-state index contributed by atoms with van der Waals surface area (Å²) >= 11 is 0. The van der Waals surface area contributed by atoms with E-state index in [0.29, 0.717) is 5.69 Å². The lowest BCUT2D eigenvalue weighted by Gasteiger charge is -2.47. The van der Waals surface area contributed by atoms with Gasteiger partial charge >= 0.3 is 0 Å². The number of amides is 4. The molecule has 0 atom stereocenters. The second-order valence-corrected chi connectivity index (χ2v) is 9.95. The summed E-state index contributed by atoms with van der Waals surface area (Å²) in [4.78, 5) is 54.9. The zero-order valence-electron chi connectivity index (χ0n) is 22.7. The van der Waals surface area contributed by atoms with E-state index in [9.17, 15) is 23.6 Å². The minimum Gasteiger partial charge on any atom is -0.350 e. The van der Waals surface area contributed by atoms with Crippen molar-refractivity contribution in [1.82, 2.24) is 15.1 Å². The standard InChI is InChI=1S/C31H33FN4O4/c1-22(37)34-27-14-12-25(13-15-27)29(39)36(21-26-10-6-7-11-28(26)32)31(16-18-35(19-17-31)23(2)38)30(40)33-20-24-8-4-3-5-9-24/h3-15H,16-21H2,1-2H3,(H,33,40)(H,34,37). The van der Waals surface area contributed by atoms with E-state index in [2.05, 4.69) is 10.6 Å². The van der Waals surface area contributed by atoms with Crippen molar-refractivity contribution in [3.8, 4) is 0 Å². The van der Waals surface area contributed by atoms with Crippen molar-refractivity contribution in [2.45, 2.75) is 45.3 Å². The van der Waals surface area contributed by atoms with Gasteiger partial charge in [0, 0.05) is 56.8 Å². The maximum absolute atomic E-state index is 14.9. The van der Waals surface area contributed by atoms with Crippen molar-refractivity contribution < 1.29 is 23.6 Å². The van der Waals surface area contributed by atoms with Crippen LogP contribution in [-0.4, -0.2) is 52.1 Å². The maximum Gasteiger partial charge on any atom is 0.255 e. The number of benzene rings is 3. The Labute approximate surface area is 233 Å². The average Bonchev–Trinajstić information content (AvgIpc) is 2.96. The van der Waals surface area contributed by atoms with Crippen LogP contribution in [0.15, 0.2) is 78.9 Å². The van der Waals surface area contributed by atoms with Gasteiger partial charge in [-0.1, -0.05) is 48.5 Å². The van der Waals surface area contributed by atoms with Crippen LogP contribution >= 0.6 is 0 Å². The Morgan fingerprint density at radius 2 is 1.50 bits per heavy atom. The van der Waals surface area contributed by atoms with Crippen molar-refractivity contribution in [2.24, 2.45) is 0 Å². The molecule has 3 aromatic carbocycles. The molecule has 40 heavy (non-hydrogen) atoms. The summed E-state index contributed by atoms with van der Waals surface area (Å²) < 4.78 is 14.9. The van der Waals surface area contributed by atoms with E-state index in [4.69, 9.17) is 0 Å². The molecule has 4 rings (SSSR count). The molecule has 0 bridgehead atoms. The number of nitrogens with zero attached hydrogens (tertiary/aromatic N) is 2. The summed E-state index contributed by atoms with van der Waals surface area (Å²) in [6, 6.07) is 21.9. The third kappa shape index (κ3) is 6.54. The third-order valence-corrected chi connectivity index (χ3v) is 7.25. The van der Waals surface area contributed by atoms with Crippen molar-refractivity contribution in [3.63, 3.8) is 0 Å². The van der Waals surface area contributed by atoms with Gasteiger partial charge in [-0.2, -0.15) is 0 Å². The fourth-order valence-corrected chi connectivity index (χ4v) is 5.02. The average molecular weight is 545 g/mol. The minimum absolute atomic E-state index is 0.112. The van der Waals surface area contributed by atoms with Crippen molar-refractivity contribution >= 4 is 29.3 Å². The zero-order valence-corrected chi connectivity index (χ0v) is 22.7. The molecule has 4 amide bonds. The molecular formula is C31H33FN4O4. The van der Waals surface area contributed by atoms with Crippen LogP contribution < -0.4 is 10.6 Å². The molecule has 1 aliphatic rings. The smallest absolute Gasteiger partial charge is 0.255 e. The number of carbonyl (C=O) groups is 4. The summed E-state index contributed by atoms with van der Waals surface area (Å²) in [5.41, 5.74) is 0.642. The number of hydrogen-bond acceptors (Lipinski definition) is 4. The number of likely N-dealkylation sites (tertiary alicyclic amines) is 1. The van der Waals surface area contributed by atoms with Crippen LogP contribution in [0.2, 0.25) is 0 Å². The molecule has 1 aliphatic heterocycles. The molecule has 0 aliphatic carbocycles. The first kappa shape index (κ1) is 28.5. The minimum atomic E-state index is -1.34. The highest BCUT2D eigenvalue weighted by Gasteiger charge is 2.49. The Balaban J connectivity index is 1.73. The molecule has 0 aromatic heterocycles. The number of piperidine rings is 1. The lowest BCUT2D eigenvalue weighted by atomic mass is 9.83. The second kappa shape index (κ2) is 12.5. The molecule has 0 unspecified atom stereocenters. The highest BCUT2D eigenvalue weighted by molar-refractivity contribution is 6.00. The van der Waals surface area contributed by atoms with Gasteiger partial charge in [-0.25, -0.2) is 4.39 Å². The zero-order chi connectivity index (χ0) is 28.7. The number of halogens is 1. The molecule has 3 aromatic rings. The Morgan fingerprint density at radius 1 is 0.875 bits per heavy atom. The van der Waals surface area contributed by atoms with E-state index < -0.39 is 17.3 Å². The molecule has 0 saturated carbocycles. The Morgan fingerprint density at radius 3 is 2.10 bits per heavy atom. The van der Waals surface area contributed by atoms with E-state index in [1.165, 1.54) is 24.8 Å². The van der Waals surface area contributed by atoms with Gasteiger partial charge in [0.05, 0.1) is 0 Å². The third-order valence-electron chi connectivity index (χ3n) is 7.25. The van der Waals surface area contributed by atoms with Gasteiger partial charge in [-0.05, 0) is 48.7 Å². The summed E-state index contributed by atoms with van der Waals surface area (Å²) in [7, 11) is 0. The van der Waals surface area contributed by atoms with E-state index in [0.717, 1.165) is 5.56 Å². The molecular weight excluding hydrogens is 511 g/mol. The van der Waals surface area contributed by atoms with Gasteiger partial charge < -0.3 is 20.4 Å². The highest BCUT2D eigenvalue weighted by atomic mass is 19.1. The Hall–Kier alpha value is -4.53. The fraction of sp³-hybridized carbons (Fsp3) is 0.290. The Kier molecular flexibility index (Phi) is 8.93. The monoisotopic (exact) mass is 544 g/mol. The fourth-order valence-electron chi connectivity index (χ4n) is 5.02. The first-order valence-corrected chi connectivity index (χ1v) is 13.2. The van der Waals surface area contributed by atoms with Gasteiger partial charge in [-0.15, -0.1) is 0 Å². The van der Waals surface area contributed by atoms with E-state index in [1.54, 1.807) is 47.4 Å². The molecule has 1 saturated heterocycles.